The molecular weight excluding hydrogens is 302 g/mol. The monoisotopic (exact) mass is 323 g/mol. The minimum absolute atomic E-state index is 0.0247. The van der Waals surface area contributed by atoms with Crippen LogP contribution in [-0.4, -0.2) is 38.8 Å². The summed E-state index contributed by atoms with van der Waals surface area (Å²) in [4.78, 5) is 28.4. The Balaban J connectivity index is 1.63. The van der Waals surface area contributed by atoms with Gasteiger partial charge in [0.15, 0.2) is 5.82 Å². The van der Waals surface area contributed by atoms with Gasteiger partial charge in [-0.3, -0.25) is 9.78 Å². The summed E-state index contributed by atoms with van der Waals surface area (Å²) >= 11 is 0. The number of amides is 1. The van der Waals surface area contributed by atoms with Crippen LogP contribution in [0, 0.1) is 0 Å². The minimum Gasteiger partial charge on any atom is -0.327 e. The van der Waals surface area contributed by atoms with Gasteiger partial charge in [0.1, 0.15) is 5.69 Å². The van der Waals surface area contributed by atoms with Gasteiger partial charge >= 0.3 is 0 Å². The third kappa shape index (κ3) is 2.89. The summed E-state index contributed by atoms with van der Waals surface area (Å²) in [5, 5.41) is 3.34. The number of rotatable bonds is 2. The van der Waals surface area contributed by atoms with Gasteiger partial charge in [-0.15, -0.1) is 0 Å². The predicted molar refractivity (Wildman–Crippen MR) is 89.3 cm³/mol. The average Bonchev–Trinajstić information content (AvgIpc) is 2.68. The van der Waals surface area contributed by atoms with E-state index in [2.05, 4.69) is 15.3 Å². The number of hydrogen-bond donors (Lipinski definition) is 1. The smallest absolute Gasteiger partial charge is 0.273 e. The van der Waals surface area contributed by atoms with Crippen molar-refractivity contribution < 1.29 is 4.79 Å². The lowest BCUT2D eigenvalue weighted by Crippen LogP contribution is -2.40. The standard InChI is InChI=1S/C18H21N5O/c24-18(15-5-1-3-8-20-15)23-10-4-2-6-16(23)17-21-12-13-11-19-9-7-14(13)22-17/h1,3,5,8,12,16,19H,2,4,6-7,9-11H2/t16-/m1/s1. The zero-order valence-corrected chi connectivity index (χ0v) is 13.6. The summed E-state index contributed by atoms with van der Waals surface area (Å²) in [5.41, 5.74) is 2.78. The molecule has 1 saturated heterocycles. The maximum atomic E-state index is 12.9. The molecule has 0 aliphatic carbocycles. The van der Waals surface area contributed by atoms with Crippen molar-refractivity contribution in [1.82, 2.24) is 25.2 Å². The lowest BCUT2D eigenvalue weighted by atomic mass is 10.00. The lowest BCUT2D eigenvalue weighted by molar-refractivity contribution is 0.0593. The van der Waals surface area contributed by atoms with Crippen molar-refractivity contribution in [2.75, 3.05) is 13.1 Å². The molecule has 24 heavy (non-hydrogen) atoms. The summed E-state index contributed by atoms with van der Waals surface area (Å²) in [5.74, 6) is 0.753. The van der Waals surface area contributed by atoms with Crippen LogP contribution in [0.15, 0.2) is 30.6 Å². The number of aromatic nitrogens is 3. The molecule has 124 valence electrons. The number of piperidine rings is 1. The quantitative estimate of drug-likeness (QED) is 0.914. The summed E-state index contributed by atoms with van der Waals surface area (Å²) < 4.78 is 0. The fourth-order valence-corrected chi connectivity index (χ4v) is 3.49. The Morgan fingerprint density at radius 2 is 2.21 bits per heavy atom. The van der Waals surface area contributed by atoms with Crippen LogP contribution in [0.25, 0.3) is 0 Å². The second kappa shape index (κ2) is 6.65. The van der Waals surface area contributed by atoms with Gasteiger partial charge in [0.2, 0.25) is 0 Å². The third-order valence-corrected chi connectivity index (χ3v) is 4.77. The number of nitrogens with one attached hydrogen (secondary N) is 1. The highest BCUT2D eigenvalue weighted by Crippen LogP contribution is 2.30. The largest absolute Gasteiger partial charge is 0.327 e. The molecule has 2 aliphatic rings. The molecule has 1 fully saturated rings. The molecule has 0 radical (unpaired) electrons. The number of likely N-dealkylation sites (tertiary alicyclic amines) is 1. The molecule has 0 unspecified atom stereocenters. The number of carbonyl (C=O) groups is 1. The number of nitrogens with zero attached hydrogens (tertiary/aromatic N) is 4. The highest BCUT2D eigenvalue weighted by atomic mass is 16.2. The van der Waals surface area contributed by atoms with Crippen LogP contribution in [0.1, 0.15) is 52.9 Å². The molecule has 1 atom stereocenters. The second-order valence-electron chi connectivity index (χ2n) is 6.35. The Hall–Kier alpha value is -2.34. The zero-order chi connectivity index (χ0) is 16.4. The van der Waals surface area contributed by atoms with E-state index in [0.717, 1.165) is 56.8 Å². The third-order valence-electron chi connectivity index (χ3n) is 4.77. The molecule has 2 aromatic heterocycles. The van der Waals surface area contributed by atoms with Gasteiger partial charge in [-0.2, -0.15) is 0 Å². The van der Waals surface area contributed by atoms with Gasteiger partial charge in [-0.05, 0) is 31.4 Å². The normalized spacial score (nSPS) is 20.5. The topological polar surface area (TPSA) is 71.0 Å². The molecule has 4 rings (SSSR count). The van der Waals surface area contributed by atoms with Crippen LogP contribution in [0.2, 0.25) is 0 Å². The van der Waals surface area contributed by atoms with E-state index >= 15 is 0 Å². The van der Waals surface area contributed by atoms with Gasteiger partial charge < -0.3 is 10.2 Å². The van der Waals surface area contributed by atoms with Crippen LogP contribution in [0.5, 0.6) is 0 Å². The number of fused-ring (bicyclic) bond motifs is 1. The Morgan fingerprint density at radius 3 is 3.08 bits per heavy atom. The first-order valence-electron chi connectivity index (χ1n) is 8.60. The molecule has 0 saturated carbocycles. The Morgan fingerprint density at radius 1 is 1.25 bits per heavy atom. The Bertz CT molecular complexity index is 733. The van der Waals surface area contributed by atoms with E-state index < -0.39 is 0 Å². The first-order valence-corrected chi connectivity index (χ1v) is 8.60. The molecule has 1 N–H and O–H groups in total. The van der Waals surface area contributed by atoms with E-state index in [-0.39, 0.29) is 11.9 Å². The maximum absolute atomic E-state index is 12.9. The second-order valence-corrected chi connectivity index (χ2v) is 6.35. The van der Waals surface area contributed by atoms with E-state index in [4.69, 9.17) is 4.98 Å². The van der Waals surface area contributed by atoms with Gasteiger partial charge in [0, 0.05) is 49.7 Å². The minimum atomic E-state index is -0.0477. The van der Waals surface area contributed by atoms with E-state index in [0.29, 0.717) is 5.69 Å². The molecule has 6 heteroatoms. The van der Waals surface area contributed by atoms with Crippen LogP contribution in [0.4, 0.5) is 0 Å². The van der Waals surface area contributed by atoms with E-state index in [9.17, 15) is 4.79 Å². The van der Waals surface area contributed by atoms with Crippen LogP contribution >= 0.6 is 0 Å². The van der Waals surface area contributed by atoms with Gasteiger partial charge in [0.05, 0.1) is 6.04 Å². The SMILES string of the molecule is O=C(c1ccccn1)N1CCCC[C@@H]1c1ncc2c(n1)CCNC2. The van der Waals surface area contributed by atoms with Crippen molar-refractivity contribution in [3.05, 3.63) is 53.4 Å². The Kier molecular flexibility index (Phi) is 4.21. The molecule has 6 nitrogen and oxygen atoms in total. The van der Waals surface area contributed by atoms with Crippen LogP contribution < -0.4 is 5.32 Å². The zero-order valence-electron chi connectivity index (χ0n) is 13.6. The molecule has 2 aromatic rings. The summed E-state index contributed by atoms with van der Waals surface area (Å²) in [7, 11) is 0. The maximum Gasteiger partial charge on any atom is 0.273 e. The van der Waals surface area contributed by atoms with Gasteiger partial charge in [0.25, 0.3) is 5.91 Å². The summed E-state index contributed by atoms with van der Waals surface area (Å²) in [6.45, 7) is 2.52. The van der Waals surface area contributed by atoms with E-state index in [1.54, 1.807) is 12.3 Å². The molecular formula is C18H21N5O. The highest BCUT2D eigenvalue weighted by Gasteiger charge is 2.31. The van der Waals surface area contributed by atoms with Crippen LogP contribution in [0.3, 0.4) is 0 Å². The van der Waals surface area contributed by atoms with Crippen molar-refractivity contribution in [2.45, 2.75) is 38.3 Å². The van der Waals surface area contributed by atoms with E-state index in [1.807, 2.05) is 23.2 Å². The molecule has 2 aliphatic heterocycles. The molecule has 4 heterocycles. The fraction of sp³-hybridized carbons (Fsp3) is 0.444. The number of carbonyl (C=O) groups excluding carboxylic acids is 1. The number of hydrogen-bond acceptors (Lipinski definition) is 5. The van der Waals surface area contributed by atoms with Crippen LogP contribution in [-0.2, 0) is 13.0 Å². The van der Waals surface area contributed by atoms with Gasteiger partial charge in [-0.25, -0.2) is 9.97 Å². The fourth-order valence-electron chi connectivity index (χ4n) is 3.49. The summed E-state index contributed by atoms with van der Waals surface area (Å²) in [6, 6.07) is 5.40. The van der Waals surface area contributed by atoms with Crippen molar-refractivity contribution in [3.8, 4) is 0 Å². The lowest BCUT2D eigenvalue weighted by Gasteiger charge is -2.35. The molecule has 0 aromatic carbocycles. The first-order chi connectivity index (χ1) is 11.8. The van der Waals surface area contributed by atoms with E-state index in [1.165, 1.54) is 5.56 Å². The first kappa shape index (κ1) is 15.2. The average molecular weight is 323 g/mol. The van der Waals surface area contributed by atoms with Crippen molar-refractivity contribution >= 4 is 5.91 Å². The highest BCUT2D eigenvalue weighted by molar-refractivity contribution is 5.92. The Labute approximate surface area is 141 Å². The molecule has 0 spiro atoms. The van der Waals surface area contributed by atoms with Crippen molar-refractivity contribution in [3.63, 3.8) is 0 Å². The molecule has 1 amide bonds. The predicted octanol–water partition coefficient (Wildman–Crippen LogP) is 1.88. The van der Waals surface area contributed by atoms with Gasteiger partial charge in [-0.1, -0.05) is 6.07 Å². The summed E-state index contributed by atoms with van der Waals surface area (Å²) in [6.07, 6.45) is 7.53. The van der Waals surface area contributed by atoms with Crippen molar-refractivity contribution in [1.29, 1.82) is 0 Å². The number of pyridine rings is 1. The molecule has 0 bridgehead atoms. The van der Waals surface area contributed by atoms with Crippen molar-refractivity contribution in [2.24, 2.45) is 0 Å².